The topological polar surface area (TPSA) is 43.9 Å². The van der Waals surface area contributed by atoms with Crippen molar-refractivity contribution in [2.45, 2.75) is 17.8 Å². The first-order chi connectivity index (χ1) is 15.3. The van der Waals surface area contributed by atoms with Gasteiger partial charge in [-0.05, 0) is 53.4 Å². The highest BCUT2D eigenvalue weighted by Gasteiger charge is 2.18. The molecule has 0 amide bonds. The van der Waals surface area contributed by atoms with Crippen molar-refractivity contribution in [2.75, 3.05) is 0 Å². The highest BCUT2D eigenvalue weighted by molar-refractivity contribution is 7.98. The van der Waals surface area contributed by atoms with E-state index in [9.17, 15) is 0 Å². The monoisotopic (exact) mass is 423 g/mol. The SMILES string of the molecule is Cc1c(CSc2nnc(-c3ccco3)n2-c2ccccc2)cccc1-c1ccccc1. The molecule has 0 N–H and O–H groups in total. The maximum atomic E-state index is 5.61. The van der Waals surface area contributed by atoms with Gasteiger partial charge in [0.25, 0.3) is 0 Å². The molecule has 152 valence electrons. The minimum atomic E-state index is 0.699. The molecule has 0 bridgehead atoms. The molecule has 2 aromatic heterocycles. The van der Waals surface area contributed by atoms with Crippen LogP contribution in [0.2, 0.25) is 0 Å². The summed E-state index contributed by atoms with van der Waals surface area (Å²) < 4.78 is 7.66. The summed E-state index contributed by atoms with van der Waals surface area (Å²) >= 11 is 1.68. The zero-order valence-electron chi connectivity index (χ0n) is 17.1. The van der Waals surface area contributed by atoms with Crippen LogP contribution in [0.4, 0.5) is 0 Å². The number of hydrogen-bond acceptors (Lipinski definition) is 4. The van der Waals surface area contributed by atoms with E-state index in [-0.39, 0.29) is 0 Å². The summed E-state index contributed by atoms with van der Waals surface area (Å²) in [5.41, 5.74) is 6.09. The van der Waals surface area contributed by atoms with Crippen LogP contribution in [0.5, 0.6) is 0 Å². The molecular formula is C26H21N3OS. The number of hydrogen-bond donors (Lipinski definition) is 0. The van der Waals surface area contributed by atoms with Gasteiger partial charge in [0.2, 0.25) is 5.82 Å². The molecule has 31 heavy (non-hydrogen) atoms. The molecule has 5 aromatic rings. The lowest BCUT2D eigenvalue weighted by Gasteiger charge is -2.12. The maximum absolute atomic E-state index is 5.61. The lowest BCUT2D eigenvalue weighted by Crippen LogP contribution is -1.99. The van der Waals surface area contributed by atoms with E-state index in [1.165, 1.54) is 22.3 Å². The first kappa shape index (κ1) is 19.4. The van der Waals surface area contributed by atoms with Crippen LogP contribution in [0.25, 0.3) is 28.4 Å². The Bertz CT molecular complexity index is 1280. The molecule has 5 heteroatoms. The molecule has 0 fully saturated rings. The second kappa shape index (κ2) is 8.66. The molecule has 0 saturated carbocycles. The predicted octanol–water partition coefficient (Wildman–Crippen LogP) is 6.80. The van der Waals surface area contributed by atoms with Crippen LogP contribution >= 0.6 is 11.8 Å². The number of nitrogens with zero attached hydrogens (tertiary/aromatic N) is 3. The zero-order chi connectivity index (χ0) is 21.0. The molecule has 0 unspecified atom stereocenters. The second-order valence-electron chi connectivity index (χ2n) is 7.20. The molecule has 4 nitrogen and oxygen atoms in total. The second-order valence-corrected chi connectivity index (χ2v) is 8.14. The van der Waals surface area contributed by atoms with Crippen molar-refractivity contribution in [1.29, 1.82) is 0 Å². The van der Waals surface area contributed by atoms with E-state index in [1.54, 1.807) is 18.0 Å². The fourth-order valence-corrected chi connectivity index (χ4v) is 4.67. The average Bonchev–Trinajstić information content (AvgIpc) is 3.49. The molecule has 2 heterocycles. The highest BCUT2D eigenvalue weighted by atomic mass is 32.2. The molecule has 0 aliphatic carbocycles. The van der Waals surface area contributed by atoms with Crippen molar-refractivity contribution in [2.24, 2.45) is 0 Å². The molecule has 0 spiro atoms. The third-order valence-corrected chi connectivity index (χ3v) is 6.25. The van der Waals surface area contributed by atoms with Crippen molar-refractivity contribution in [1.82, 2.24) is 14.8 Å². The molecule has 0 aliphatic rings. The molecule has 3 aromatic carbocycles. The van der Waals surface area contributed by atoms with Gasteiger partial charge in [0.1, 0.15) is 0 Å². The van der Waals surface area contributed by atoms with E-state index in [0.29, 0.717) is 11.6 Å². The fourth-order valence-electron chi connectivity index (χ4n) is 3.65. The highest BCUT2D eigenvalue weighted by Crippen LogP contribution is 2.32. The molecule has 0 radical (unpaired) electrons. The van der Waals surface area contributed by atoms with Gasteiger partial charge in [-0.15, -0.1) is 10.2 Å². The third-order valence-electron chi connectivity index (χ3n) is 5.28. The zero-order valence-corrected chi connectivity index (χ0v) is 17.9. The van der Waals surface area contributed by atoms with Crippen LogP contribution in [0, 0.1) is 6.92 Å². The van der Waals surface area contributed by atoms with E-state index in [2.05, 4.69) is 76.3 Å². The molecular weight excluding hydrogens is 402 g/mol. The molecule has 0 saturated heterocycles. The summed E-state index contributed by atoms with van der Waals surface area (Å²) in [5, 5.41) is 9.76. The van der Waals surface area contributed by atoms with Crippen molar-refractivity contribution in [3.63, 3.8) is 0 Å². The number of furan rings is 1. The Balaban J connectivity index is 1.48. The van der Waals surface area contributed by atoms with Crippen LogP contribution in [0.3, 0.4) is 0 Å². The summed E-state index contributed by atoms with van der Waals surface area (Å²) in [5.74, 6) is 2.20. The normalized spacial score (nSPS) is 11.0. The van der Waals surface area contributed by atoms with Gasteiger partial charge < -0.3 is 4.42 Å². The Labute approximate surface area is 185 Å². The summed E-state index contributed by atoms with van der Waals surface area (Å²) in [6.07, 6.45) is 1.66. The summed E-state index contributed by atoms with van der Waals surface area (Å²) in [6, 6.07) is 30.9. The molecule has 5 rings (SSSR count). The Morgan fingerprint density at radius 1 is 0.806 bits per heavy atom. The van der Waals surface area contributed by atoms with Crippen molar-refractivity contribution in [3.8, 4) is 28.4 Å². The van der Waals surface area contributed by atoms with Gasteiger partial charge in [-0.3, -0.25) is 4.57 Å². The van der Waals surface area contributed by atoms with Gasteiger partial charge in [0.05, 0.1) is 6.26 Å². The Kier molecular flexibility index (Phi) is 5.42. The van der Waals surface area contributed by atoms with Crippen LogP contribution in [-0.2, 0) is 5.75 Å². The number of thioether (sulfide) groups is 1. The van der Waals surface area contributed by atoms with Crippen LogP contribution in [0.1, 0.15) is 11.1 Å². The van der Waals surface area contributed by atoms with Gasteiger partial charge in [0, 0.05) is 11.4 Å². The Morgan fingerprint density at radius 3 is 2.32 bits per heavy atom. The Hall–Kier alpha value is -3.57. The fraction of sp³-hybridized carbons (Fsp3) is 0.0769. The first-order valence-corrected chi connectivity index (χ1v) is 11.1. The quantitative estimate of drug-likeness (QED) is 0.282. The van der Waals surface area contributed by atoms with E-state index in [0.717, 1.165) is 16.6 Å². The lowest BCUT2D eigenvalue weighted by molar-refractivity contribution is 0.575. The first-order valence-electron chi connectivity index (χ1n) is 10.1. The van der Waals surface area contributed by atoms with Crippen molar-refractivity contribution < 1.29 is 4.42 Å². The maximum Gasteiger partial charge on any atom is 0.205 e. The summed E-state index contributed by atoms with van der Waals surface area (Å²) in [7, 11) is 0. The average molecular weight is 424 g/mol. The van der Waals surface area contributed by atoms with E-state index < -0.39 is 0 Å². The van der Waals surface area contributed by atoms with Gasteiger partial charge in [-0.1, -0.05) is 78.5 Å². The third kappa shape index (κ3) is 3.92. The van der Waals surface area contributed by atoms with Gasteiger partial charge in [0.15, 0.2) is 10.9 Å². The van der Waals surface area contributed by atoms with E-state index in [1.807, 2.05) is 36.4 Å². The number of aromatic nitrogens is 3. The van der Waals surface area contributed by atoms with Crippen LogP contribution in [-0.4, -0.2) is 14.8 Å². The largest absolute Gasteiger partial charge is 0.461 e. The summed E-state index contributed by atoms with van der Waals surface area (Å²) in [4.78, 5) is 0. The van der Waals surface area contributed by atoms with Crippen molar-refractivity contribution in [3.05, 3.63) is 108 Å². The van der Waals surface area contributed by atoms with Crippen LogP contribution < -0.4 is 0 Å². The van der Waals surface area contributed by atoms with Gasteiger partial charge in [-0.25, -0.2) is 0 Å². The Morgan fingerprint density at radius 2 is 1.58 bits per heavy atom. The number of para-hydroxylation sites is 1. The van der Waals surface area contributed by atoms with Crippen molar-refractivity contribution >= 4 is 11.8 Å². The summed E-state index contributed by atoms with van der Waals surface area (Å²) in [6.45, 7) is 2.19. The van der Waals surface area contributed by atoms with Gasteiger partial charge >= 0.3 is 0 Å². The predicted molar refractivity (Wildman–Crippen MR) is 125 cm³/mol. The standard InChI is InChI=1S/C26H21N3OS/c1-19-21(12-8-15-23(19)20-10-4-2-5-11-20)18-31-26-28-27-25(24-16-9-17-30-24)29(26)22-13-6-3-7-14-22/h2-17H,18H2,1H3. The number of rotatable bonds is 6. The van der Waals surface area contributed by atoms with E-state index in [4.69, 9.17) is 4.42 Å². The molecule has 0 atom stereocenters. The molecule has 0 aliphatic heterocycles. The minimum absolute atomic E-state index is 0.699. The lowest BCUT2D eigenvalue weighted by atomic mass is 9.97. The minimum Gasteiger partial charge on any atom is -0.461 e. The smallest absolute Gasteiger partial charge is 0.205 e. The number of benzene rings is 3. The van der Waals surface area contributed by atoms with E-state index >= 15 is 0 Å². The van der Waals surface area contributed by atoms with Gasteiger partial charge in [-0.2, -0.15) is 0 Å². The van der Waals surface area contributed by atoms with Crippen LogP contribution in [0.15, 0.2) is 107 Å².